The molecule has 0 heterocycles. The van der Waals surface area contributed by atoms with E-state index < -0.39 is 5.60 Å². The highest BCUT2D eigenvalue weighted by molar-refractivity contribution is 5.10. The van der Waals surface area contributed by atoms with E-state index in [0.29, 0.717) is 17.3 Å². The van der Waals surface area contributed by atoms with E-state index in [-0.39, 0.29) is 18.1 Å². The number of hydrogen-bond donors (Lipinski definition) is 3. The van der Waals surface area contributed by atoms with Crippen LogP contribution in [0, 0.1) is 34.5 Å². The van der Waals surface area contributed by atoms with Gasteiger partial charge < -0.3 is 15.3 Å². The first-order chi connectivity index (χ1) is 10.8. The summed E-state index contributed by atoms with van der Waals surface area (Å²) < 4.78 is 0. The molecular weight excluding hydrogens is 288 g/mol. The molecule has 0 aromatic carbocycles. The predicted octanol–water partition coefficient (Wildman–Crippen LogP) is 3.11. The second kappa shape index (κ2) is 5.19. The van der Waals surface area contributed by atoms with Crippen molar-refractivity contribution in [3.05, 3.63) is 0 Å². The minimum absolute atomic E-state index is 0.0828. The predicted molar refractivity (Wildman–Crippen MR) is 89.8 cm³/mol. The van der Waals surface area contributed by atoms with E-state index in [2.05, 4.69) is 13.8 Å². The molecule has 4 fully saturated rings. The van der Waals surface area contributed by atoms with Crippen LogP contribution < -0.4 is 0 Å². The summed E-state index contributed by atoms with van der Waals surface area (Å²) in [5, 5.41) is 30.6. The van der Waals surface area contributed by atoms with E-state index in [0.717, 1.165) is 37.5 Å². The van der Waals surface area contributed by atoms with Crippen LogP contribution in [-0.4, -0.2) is 33.6 Å². The van der Waals surface area contributed by atoms with Gasteiger partial charge in [0, 0.05) is 0 Å². The van der Waals surface area contributed by atoms with E-state index >= 15 is 0 Å². The lowest BCUT2D eigenvalue weighted by Crippen LogP contribution is -2.56. The summed E-state index contributed by atoms with van der Waals surface area (Å²) in [6.07, 6.45) is 9.59. The van der Waals surface area contributed by atoms with Crippen molar-refractivity contribution in [1.82, 2.24) is 0 Å². The third-order valence-corrected chi connectivity index (χ3v) is 9.06. The van der Waals surface area contributed by atoms with Gasteiger partial charge in [-0.3, -0.25) is 0 Å². The molecule has 0 spiro atoms. The quantitative estimate of drug-likeness (QED) is 0.695. The monoisotopic (exact) mass is 322 g/mol. The number of fused-ring (bicyclic) bond motifs is 5. The van der Waals surface area contributed by atoms with Crippen molar-refractivity contribution in [2.24, 2.45) is 34.5 Å². The zero-order valence-electron chi connectivity index (χ0n) is 14.8. The summed E-state index contributed by atoms with van der Waals surface area (Å²) >= 11 is 0. The summed E-state index contributed by atoms with van der Waals surface area (Å²) in [5.74, 6) is 2.79. The Bertz CT molecular complexity index is 480. The molecule has 4 rings (SSSR count). The fourth-order valence-electron chi connectivity index (χ4n) is 7.44. The molecule has 8 atom stereocenters. The summed E-state index contributed by atoms with van der Waals surface area (Å²) in [6.45, 7) is 4.73. The maximum absolute atomic E-state index is 10.6. The molecule has 3 heteroatoms. The topological polar surface area (TPSA) is 60.7 Å². The Morgan fingerprint density at radius 1 is 0.870 bits per heavy atom. The molecule has 4 saturated carbocycles. The highest BCUT2D eigenvalue weighted by Gasteiger charge is 2.61. The van der Waals surface area contributed by atoms with Gasteiger partial charge in [0.05, 0.1) is 18.3 Å². The van der Waals surface area contributed by atoms with Crippen LogP contribution in [0.3, 0.4) is 0 Å². The van der Waals surface area contributed by atoms with Gasteiger partial charge in [0.25, 0.3) is 0 Å². The van der Waals surface area contributed by atoms with Crippen molar-refractivity contribution in [3.63, 3.8) is 0 Å². The molecular formula is C20H34O3. The standard InChI is InChI=1S/C20H34O3/c1-18-9-10-20(23,12-21)11-13(18)3-4-14-15-5-6-17(22)19(15,2)8-7-16(14)18/h13-17,21-23H,3-12H2,1-2H3/t13-,14-,15-,16-,17+,18-,19+,20-/m0/s1. The number of aliphatic hydroxyl groups is 3. The second-order valence-corrected chi connectivity index (χ2v) is 9.88. The van der Waals surface area contributed by atoms with E-state index in [1.807, 2.05) is 0 Å². The lowest BCUT2D eigenvalue weighted by molar-refractivity contribution is -0.163. The maximum atomic E-state index is 10.6. The highest BCUT2D eigenvalue weighted by atomic mass is 16.3. The third-order valence-electron chi connectivity index (χ3n) is 9.06. The Hall–Kier alpha value is -0.120. The lowest BCUT2D eigenvalue weighted by Gasteiger charge is -2.61. The van der Waals surface area contributed by atoms with Crippen LogP contribution in [0.2, 0.25) is 0 Å². The van der Waals surface area contributed by atoms with E-state index in [1.54, 1.807) is 0 Å². The summed E-state index contributed by atoms with van der Waals surface area (Å²) in [7, 11) is 0. The molecule has 4 aliphatic rings. The third kappa shape index (κ3) is 2.19. The van der Waals surface area contributed by atoms with Gasteiger partial charge in [0.2, 0.25) is 0 Å². The van der Waals surface area contributed by atoms with E-state index in [4.69, 9.17) is 0 Å². The first-order valence-corrected chi connectivity index (χ1v) is 9.84. The van der Waals surface area contributed by atoms with Crippen LogP contribution in [0.4, 0.5) is 0 Å². The van der Waals surface area contributed by atoms with Gasteiger partial charge in [-0.1, -0.05) is 13.8 Å². The highest BCUT2D eigenvalue weighted by Crippen LogP contribution is 2.66. The molecule has 0 unspecified atom stereocenters. The van der Waals surface area contributed by atoms with Crippen molar-refractivity contribution in [1.29, 1.82) is 0 Å². The summed E-state index contributed by atoms with van der Waals surface area (Å²) in [6, 6.07) is 0. The fourth-order valence-corrected chi connectivity index (χ4v) is 7.44. The average Bonchev–Trinajstić information content (AvgIpc) is 2.84. The van der Waals surface area contributed by atoms with Crippen molar-refractivity contribution in [2.75, 3.05) is 6.61 Å². The molecule has 0 aromatic heterocycles. The van der Waals surface area contributed by atoms with E-state index in [1.165, 1.54) is 32.1 Å². The van der Waals surface area contributed by atoms with Crippen LogP contribution in [0.15, 0.2) is 0 Å². The molecule has 4 aliphatic carbocycles. The largest absolute Gasteiger partial charge is 0.393 e. The number of hydrogen-bond acceptors (Lipinski definition) is 3. The number of aliphatic hydroxyl groups excluding tert-OH is 2. The Morgan fingerprint density at radius 2 is 1.61 bits per heavy atom. The molecule has 23 heavy (non-hydrogen) atoms. The molecule has 0 radical (unpaired) electrons. The van der Waals surface area contributed by atoms with Crippen molar-refractivity contribution in [2.45, 2.75) is 83.3 Å². The van der Waals surface area contributed by atoms with Gasteiger partial charge in [-0.2, -0.15) is 0 Å². The molecule has 0 aromatic rings. The molecule has 0 aliphatic heterocycles. The van der Waals surface area contributed by atoms with Crippen LogP contribution >= 0.6 is 0 Å². The Kier molecular flexibility index (Phi) is 3.69. The van der Waals surface area contributed by atoms with Gasteiger partial charge in [-0.05, 0) is 92.3 Å². The first kappa shape index (κ1) is 16.4. The molecule has 3 N–H and O–H groups in total. The molecule has 132 valence electrons. The Labute approximate surface area is 140 Å². The second-order valence-electron chi connectivity index (χ2n) is 9.88. The lowest BCUT2D eigenvalue weighted by atomic mass is 9.44. The van der Waals surface area contributed by atoms with Gasteiger partial charge in [0.15, 0.2) is 0 Å². The van der Waals surface area contributed by atoms with Crippen molar-refractivity contribution >= 4 is 0 Å². The normalized spacial score (nSPS) is 59.1. The summed E-state index contributed by atoms with van der Waals surface area (Å²) in [4.78, 5) is 0. The minimum atomic E-state index is -0.830. The fraction of sp³-hybridized carbons (Fsp3) is 1.00. The van der Waals surface area contributed by atoms with Crippen LogP contribution in [0.25, 0.3) is 0 Å². The Morgan fingerprint density at radius 3 is 2.35 bits per heavy atom. The van der Waals surface area contributed by atoms with Gasteiger partial charge in [-0.15, -0.1) is 0 Å². The molecule has 0 amide bonds. The summed E-state index contributed by atoms with van der Waals surface area (Å²) in [5.41, 5.74) is -0.339. The van der Waals surface area contributed by atoms with Crippen LogP contribution in [0.5, 0.6) is 0 Å². The van der Waals surface area contributed by atoms with Crippen LogP contribution in [0.1, 0.15) is 71.6 Å². The maximum Gasteiger partial charge on any atom is 0.0880 e. The minimum Gasteiger partial charge on any atom is -0.393 e. The first-order valence-electron chi connectivity index (χ1n) is 9.84. The van der Waals surface area contributed by atoms with E-state index in [9.17, 15) is 15.3 Å². The van der Waals surface area contributed by atoms with Crippen LogP contribution in [-0.2, 0) is 0 Å². The molecule has 0 bridgehead atoms. The van der Waals surface area contributed by atoms with Gasteiger partial charge in [-0.25, -0.2) is 0 Å². The molecule has 0 saturated heterocycles. The van der Waals surface area contributed by atoms with Gasteiger partial charge >= 0.3 is 0 Å². The SMILES string of the molecule is C[C@]12CC[C@@](O)(CO)C[C@@H]1CC[C@@H]1[C@@H]2CC[C@@]2(C)[C@H](O)CC[C@@H]12. The van der Waals surface area contributed by atoms with Gasteiger partial charge in [0.1, 0.15) is 0 Å². The average molecular weight is 322 g/mol. The number of rotatable bonds is 1. The Balaban J connectivity index is 1.60. The molecule has 3 nitrogen and oxygen atoms in total. The zero-order valence-corrected chi connectivity index (χ0v) is 14.8. The van der Waals surface area contributed by atoms with Crippen molar-refractivity contribution < 1.29 is 15.3 Å². The zero-order chi connectivity index (χ0) is 16.5. The van der Waals surface area contributed by atoms with Crippen molar-refractivity contribution in [3.8, 4) is 0 Å². The smallest absolute Gasteiger partial charge is 0.0880 e.